The normalized spacial score (nSPS) is 15.5. The van der Waals surface area contributed by atoms with E-state index in [0.717, 1.165) is 24.2 Å². The van der Waals surface area contributed by atoms with Crippen LogP contribution in [-0.2, 0) is 11.2 Å². The number of aryl methyl sites for hydroxylation is 2. The van der Waals surface area contributed by atoms with E-state index in [2.05, 4.69) is 22.4 Å². The van der Waals surface area contributed by atoms with Crippen LogP contribution in [-0.4, -0.2) is 22.6 Å². The molecule has 1 amide bonds. The molecule has 1 aliphatic rings. The number of methoxy groups -OCH3 is 1. The van der Waals surface area contributed by atoms with Crippen LogP contribution in [0.4, 0.5) is 0 Å². The molecule has 0 radical (unpaired) electrons. The van der Waals surface area contributed by atoms with Crippen LogP contribution in [0.25, 0.3) is 11.8 Å². The van der Waals surface area contributed by atoms with E-state index in [-0.39, 0.29) is 11.9 Å². The highest BCUT2D eigenvalue weighted by molar-refractivity contribution is 6.32. The molecule has 0 bridgehead atoms. The van der Waals surface area contributed by atoms with Gasteiger partial charge < -0.3 is 14.6 Å². The average molecular weight is 408 g/mol. The second-order valence-electron chi connectivity index (χ2n) is 7.10. The molecule has 0 aliphatic heterocycles. The largest absolute Gasteiger partial charge is 0.495 e. The molecule has 0 saturated carbocycles. The minimum absolute atomic E-state index is 0.0558. The van der Waals surface area contributed by atoms with Crippen molar-refractivity contribution in [2.24, 2.45) is 0 Å². The Bertz CT molecular complexity index is 1090. The second kappa shape index (κ2) is 8.13. The highest BCUT2D eigenvalue weighted by atomic mass is 35.5. The number of amides is 1. The number of imidazole rings is 1. The molecule has 3 aromatic rings. The fourth-order valence-corrected chi connectivity index (χ4v) is 3.92. The number of fused-ring (bicyclic) bond motifs is 1. The molecule has 1 atom stereocenters. The number of nitrogens with zero attached hydrogens (tertiary/aromatic N) is 2. The molecular formula is C23H22ClN3O2. The van der Waals surface area contributed by atoms with E-state index in [0.29, 0.717) is 16.3 Å². The molecular weight excluding hydrogens is 386 g/mol. The molecule has 1 N–H and O–H groups in total. The lowest BCUT2D eigenvalue weighted by Crippen LogP contribution is -2.25. The monoisotopic (exact) mass is 407 g/mol. The Hall–Kier alpha value is -3.05. The maximum absolute atomic E-state index is 12.5. The Morgan fingerprint density at radius 3 is 2.93 bits per heavy atom. The van der Waals surface area contributed by atoms with Gasteiger partial charge in [0.25, 0.3) is 0 Å². The number of ether oxygens (including phenoxy) is 1. The zero-order valence-electron chi connectivity index (χ0n) is 16.4. The highest BCUT2D eigenvalue weighted by Gasteiger charge is 2.22. The summed E-state index contributed by atoms with van der Waals surface area (Å²) in [4.78, 5) is 16.7. The van der Waals surface area contributed by atoms with Crippen molar-refractivity contribution in [3.05, 3.63) is 82.4 Å². The van der Waals surface area contributed by atoms with Crippen LogP contribution in [0.15, 0.2) is 55.0 Å². The SMILES string of the molecule is COc1cc(C=CC(=O)NC2CCc3ccccc32)c(Cl)cc1-n1cnc(C)c1. The summed E-state index contributed by atoms with van der Waals surface area (Å²) in [5, 5.41) is 3.61. The fraction of sp³-hybridized carbons (Fsp3) is 0.217. The first-order chi connectivity index (χ1) is 14.0. The Labute approximate surface area is 175 Å². The van der Waals surface area contributed by atoms with Gasteiger partial charge in [0.2, 0.25) is 5.91 Å². The lowest BCUT2D eigenvalue weighted by Gasteiger charge is -2.13. The highest BCUT2D eigenvalue weighted by Crippen LogP contribution is 2.32. The minimum atomic E-state index is -0.143. The molecule has 0 saturated heterocycles. The van der Waals surface area contributed by atoms with E-state index in [4.69, 9.17) is 16.3 Å². The van der Waals surface area contributed by atoms with Crippen LogP contribution in [0.1, 0.15) is 34.8 Å². The van der Waals surface area contributed by atoms with Crippen LogP contribution in [0.2, 0.25) is 5.02 Å². The third-order valence-electron chi connectivity index (χ3n) is 5.15. The number of hydrogen-bond acceptors (Lipinski definition) is 3. The Balaban J connectivity index is 1.51. The summed E-state index contributed by atoms with van der Waals surface area (Å²) in [6.07, 6.45) is 8.75. The molecule has 29 heavy (non-hydrogen) atoms. The Kier molecular flexibility index (Phi) is 5.41. The topological polar surface area (TPSA) is 56.1 Å². The molecule has 5 nitrogen and oxygen atoms in total. The van der Waals surface area contributed by atoms with Gasteiger partial charge in [0, 0.05) is 12.3 Å². The van der Waals surface area contributed by atoms with Gasteiger partial charge in [-0.15, -0.1) is 0 Å². The molecule has 4 rings (SSSR count). The van der Waals surface area contributed by atoms with Crippen molar-refractivity contribution in [3.8, 4) is 11.4 Å². The fourth-order valence-electron chi connectivity index (χ4n) is 3.70. The zero-order chi connectivity index (χ0) is 20.4. The maximum atomic E-state index is 12.5. The predicted molar refractivity (Wildman–Crippen MR) is 115 cm³/mol. The summed E-state index contributed by atoms with van der Waals surface area (Å²) >= 11 is 6.46. The van der Waals surface area contributed by atoms with Crippen molar-refractivity contribution >= 4 is 23.6 Å². The van der Waals surface area contributed by atoms with Crippen molar-refractivity contribution in [2.45, 2.75) is 25.8 Å². The third kappa shape index (κ3) is 4.05. The summed E-state index contributed by atoms with van der Waals surface area (Å²) in [5.41, 5.74) is 4.92. The summed E-state index contributed by atoms with van der Waals surface area (Å²) in [5.74, 6) is 0.507. The summed E-state index contributed by atoms with van der Waals surface area (Å²) in [6, 6.07) is 11.9. The molecule has 1 unspecified atom stereocenters. The summed E-state index contributed by atoms with van der Waals surface area (Å²) < 4.78 is 7.38. The van der Waals surface area contributed by atoms with Crippen LogP contribution >= 0.6 is 11.6 Å². The van der Waals surface area contributed by atoms with Gasteiger partial charge in [-0.25, -0.2) is 4.98 Å². The van der Waals surface area contributed by atoms with Gasteiger partial charge in [-0.3, -0.25) is 4.79 Å². The Morgan fingerprint density at radius 2 is 2.17 bits per heavy atom. The summed E-state index contributed by atoms with van der Waals surface area (Å²) in [6.45, 7) is 1.92. The van der Waals surface area contributed by atoms with E-state index in [1.807, 2.05) is 42.0 Å². The van der Waals surface area contributed by atoms with E-state index >= 15 is 0 Å². The molecule has 148 valence electrons. The zero-order valence-corrected chi connectivity index (χ0v) is 17.1. The van der Waals surface area contributed by atoms with Gasteiger partial charge in [0.05, 0.1) is 35.9 Å². The van der Waals surface area contributed by atoms with Crippen LogP contribution in [0.3, 0.4) is 0 Å². The molecule has 1 aliphatic carbocycles. The first-order valence-electron chi connectivity index (χ1n) is 9.50. The van der Waals surface area contributed by atoms with Gasteiger partial charge >= 0.3 is 0 Å². The summed E-state index contributed by atoms with van der Waals surface area (Å²) in [7, 11) is 1.61. The molecule has 0 fully saturated rings. The van der Waals surface area contributed by atoms with E-state index < -0.39 is 0 Å². The van der Waals surface area contributed by atoms with Crippen molar-refractivity contribution in [1.29, 1.82) is 0 Å². The van der Waals surface area contributed by atoms with E-state index in [1.54, 1.807) is 19.5 Å². The Morgan fingerprint density at radius 1 is 1.34 bits per heavy atom. The second-order valence-corrected chi connectivity index (χ2v) is 7.51. The lowest BCUT2D eigenvalue weighted by atomic mass is 10.1. The van der Waals surface area contributed by atoms with Crippen molar-refractivity contribution in [1.82, 2.24) is 14.9 Å². The minimum Gasteiger partial charge on any atom is -0.495 e. The molecule has 2 aromatic carbocycles. The molecule has 1 heterocycles. The molecule has 6 heteroatoms. The smallest absolute Gasteiger partial charge is 0.244 e. The van der Waals surface area contributed by atoms with Crippen LogP contribution in [0, 0.1) is 6.92 Å². The average Bonchev–Trinajstić information content (AvgIpc) is 3.33. The van der Waals surface area contributed by atoms with Gasteiger partial charge in [-0.2, -0.15) is 0 Å². The number of halogens is 1. The van der Waals surface area contributed by atoms with Crippen molar-refractivity contribution in [2.75, 3.05) is 7.11 Å². The number of aromatic nitrogens is 2. The van der Waals surface area contributed by atoms with Crippen LogP contribution < -0.4 is 10.1 Å². The number of carbonyl (C=O) groups is 1. The van der Waals surface area contributed by atoms with Gasteiger partial charge in [-0.05, 0) is 54.7 Å². The first kappa shape index (κ1) is 19.3. The van der Waals surface area contributed by atoms with Crippen molar-refractivity contribution in [3.63, 3.8) is 0 Å². The number of rotatable bonds is 5. The predicted octanol–water partition coefficient (Wildman–Crippen LogP) is 4.66. The van der Waals surface area contributed by atoms with Gasteiger partial charge in [-0.1, -0.05) is 35.9 Å². The first-order valence-corrected chi connectivity index (χ1v) is 9.88. The van der Waals surface area contributed by atoms with E-state index in [9.17, 15) is 4.79 Å². The lowest BCUT2D eigenvalue weighted by molar-refractivity contribution is -0.117. The number of carbonyl (C=O) groups excluding carboxylic acids is 1. The van der Waals surface area contributed by atoms with Gasteiger partial charge in [0.15, 0.2) is 0 Å². The number of benzene rings is 2. The van der Waals surface area contributed by atoms with E-state index in [1.165, 1.54) is 17.2 Å². The molecule has 0 spiro atoms. The van der Waals surface area contributed by atoms with Crippen LogP contribution in [0.5, 0.6) is 5.75 Å². The third-order valence-corrected chi connectivity index (χ3v) is 5.48. The quantitative estimate of drug-likeness (QED) is 0.626. The number of hydrogen-bond donors (Lipinski definition) is 1. The standard InChI is InChI=1S/C23H22ClN3O2/c1-15-13-27(14-25-15)21-12-19(24)17(11-22(21)29-2)8-10-23(28)26-20-9-7-16-5-3-4-6-18(16)20/h3-6,8,10-14,20H,7,9H2,1-2H3,(H,26,28). The maximum Gasteiger partial charge on any atom is 0.244 e. The van der Waals surface area contributed by atoms with Gasteiger partial charge in [0.1, 0.15) is 5.75 Å². The number of nitrogens with one attached hydrogen (secondary N) is 1. The molecule has 1 aromatic heterocycles. The van der Waals surface area contributed by atoms with Crippen molar-refractivity contribution < 1.29 is 9.53 Å².